The van der Waals surface area contributed by atoms with Crippen LogP contribution in [-0.4, -0.2) is 131 Å². The molecule has 0 radical (unpaired) electrons. The van der Waals surface area contributed by atoms with E-state index in [1.54, 1.807) is 19.9 Å². The fourth-order valence-corrected chi connectivity index (χ4v) is 7.81. The summed E-state index contributed by atoms with van der Waals surface area (Å²) in [6.45, 7) is 11.7. The molecule has 1 saturated heterocycles. The molecule has 3 heterocycles. The molecule has 6 aromatic rings. The molecule has 4 aromatic carbocycles. The number of halogens is 3. The Labute approximate surface area is 446 Å². The molecule has 6 N–H and O–H groups in total. The van der Waals surface area contributed by atoms with Gasteiger partial charge in [-0.2, -0.15) is 0 Å². The molecule has 7 rings (SSSR count). The van der Waals surface area contributed by atoms with Crippen LogP contribution in [0.3, 0.4) is 0 Å². The van der Waals surface area contributed by atoms with E-state index < -0.39 is 48.0 Å². The molecule has 2 amide bonds. The van der Waals surface area contributed by atoms with Gasteiger partial charge in [-0.15, -0.1) is 10.2 Å². The van der Waals surface area contributed by atoms with E-state index in [-0.39, 0.29) is 55.8 Å². The second-order valence-corrected chi connectivity index (χ2v) is 19.6. The summed E-state index contributed by atoms with van der Waals surface area (Å²) in [5, 5.41) is 59.0. The lowest BCUT2D eigenvalue weighted by molar-refractivity contribution is -0.154. The normalized spacial score (nSPS) is 14.9. The van der Waals surface area contributed by atoms with Gasteiger partial charge in [0.25, 0.3) is 11.8 Å². The third kappa shape index (κ3) is 17.6. The Kier molecular flexibility index (Phi) is 21.5. The first-order valence-corrected chi connectivity index (χ1v) is 24.9. The highest BCUT2D eigenvalue weighted by atomic mass is 79.9. The Balaban J connectivity index is 0.000000216. The van der Waals surface area contributed by atoms with Gasteiger partial charge in [0.2, 0.25) is 0 Å². The lowest BCUT2D eigenvalue weighted by Crippen LogP contribution is -2.41. The smallest absolute Gasteiger partial charge is 0.464 e. The summed E-state index contributed by atoms with van der Waals surface area (Å²) in [4.78, 5) is 49.1. The molecule has 2 aromatic heterocycles. The maximum Gasteiger partial charge on any atom is 0.494 e. The van der Waals surface area contributed by atoms with Gasteiger partial charge in [0.15, 0.2) is 23.6 Å². The highest BCUT2D eigenvalue weighted by Gasteiger charge is 2.51. The average Bonchev–Trinajstić information content (AvgIpc) is 4.06. The largest absolute Gasteiger partial charge is 0.494 e. The molecule has 1 aliphatic rings. The van der Waals surface area contributed by atoms with Crippen molar-refractivity contribution in [3.8, 4) is 11.1 Å². The predicted octanol–water partition coefficient (Wildman–Crippen LogP) is 6.06. The number of nitrogens with one attached hydrogen (secondary N) is 2. The second-order valence-electron chi connectivity index (χ2n) is 17.8. The number of carbonyl (C=O) groups is 4. The average molecular weight is 1120 g/mol. The van der Waals surface area contributed by atoms with Crippen molar-refractivity contribution in [1.29, 1.82) is 0 Å². The molecular formula is C50H58BBrCl2N8O12. The summed E-state index contributed by atoms with van der Waals surface area (Å²) in [7, 11) is -0.330. The number of benzene rings is 4. The number of esters is 2. The first-order valence-electron chi connectivity index (χ1n) is 23.3. The molecule has 24 heteroatoms. The fraction of sp³-hybridized carbons (Fsp3) is 0.360. The third-order valence-corrected chi connectivity index (χ3v) is 12.6. The van der Waals surface area contributed by atoms with Crippen molar-refractivity contribution < 1.29 is 58.6 Å². The van der Waals surface area contributed by atoms with Crippen molar-refractivity contribution in [3.05, 3.63) is 146 Å². The summed E-state index contributed by atoms with van der Waals surface area (Å²) < 4.78 is 22.4. The van der Waals surface area contributed by atoms with Gasteiger partial charge in [-0.1, -0.05) is 109 Å². The molecule has 0 spiro atoms. The van der Waals surface area contributed by atoms with Crippen molar-refractivity contribution in [1.82, 2.24) is 40.9 Å². The molecule has 0 bridgehead atoms. The van der Waals surface area contributed by atoms with E-state index in [0.717, 1.165) is 44.6 Å². The fourth-order valence-electron chi connectivity index (χ4n) is 7.15. The van der Waals surface area contributed by atoms with Crippen LogP contribution in [0.15, 0.2) is 114 Å². The molecule has 1 aliphatic heterocycles. The Morgan fingerprint density at radius 1 is 0.662 bits per heavy atom. The number of hydrogen-bond donors (Lipinski definition) is 6. The maximum atomic E-state index is 12.5. The molecule has 20 nitrogen and oxygen atoms in total. The molecule has 0 unspecified atom stereocenters. The van der Waals surface area contributed by atoms with Crippen molar-refractivity contribution >= 4 is 75.5 Å². The van der Waals surface area contributed by atoms with E-state index in [9.17, 15) is 34.6 Å². The van der Waals surface area contributed by atoms with Crippen LogP contribution in [0.1, 0.15) is 86.5 Å². The zero-order valence-electron chi connectivity index (χ0n) is 41.4. The predicted molar refractivity (Wildman–Crippen MR) is 277 cm³/mol. The molecule has 0 saturated carbocycles. The summed E-state index contributed by atoms with van der Waals surface area (Å²) >= 11 is 15.4. The number of aliphatic hydroxyl groups is 2. The number of rotatable bonds is 18. The van der Waals surface area contributed by atoms with Crippen LogP contribution in [-0.2, 0) is 41.2 Å². The molecule has 74 heavy (non-hydrogen) atoms. The molecule has 394 valence electrons. The van der Waals surface area contributed by atoms with E-state index in [0.29, 0.717) is 32.6 Å². The Bertz CT molecular complexity index is 2790. The van der Waals surface area contributed by atoms with Gasteiger partial charge in [-0.05, 0) is 129 Å². The summed E-state index contributed by atoms with van der Waals surface area (Å²) in [6.07, 6.45) is -0.0545. The first-order chi connectivity index (χ1) is 35.1. The van der Waals surface area contributed by atoms with E-state index >= 15 is 0 Å². The molecule has 4 atom stereocenters. The molecule has 1 fully saturated rings. The standard InChI is InChI=1S/C22H23ClN4O5.C16H19BrN4O5.C12H16BClO2/c1-2-32-22(30)20(28)12-18(24-21(29)19-13-27(31)26-25-19)10-14-6-8-15(9-7-14)16-4-3-5-17(23)11-16;1-2-26-16(24)14(22)8-12(7-10-3-5-11(17)6-4-10)18-15(23)13-9-21(25)20-19-13;1-11(2)12(3,4)16-13(15-11)9-6-5-7-10(14)8-9/h3-9,11,13,18,20,28,31H,2,10,12H2,1H3,(H,24,29);3-6,9,12,14,22,25H,2,7-8H2,1H3,(H,18,23);5-8H,1-4H3/t18-,20-;12-,14-;/m11./s1. The minimum absolute atomic E-state index is 0.0338. The van der Waals surface area contributed by atoms with Crippen LogP contribution in [0.25, 0.3) is 11.1 Å². The van der Waals surface area contributed by atoms with E-state index in [2.05, 4.69) is 47.2 Å². The Morgan fingerprint density at radius 2 is 1.09 bits per heavy atom. The number of aromatic nitrogens is 6. The minimum atomic E-state index is -1.40. The summed E-state index contributed by atoms with van der Waals surface area (Å²) in [5.41, 5.74) is 3.90. The minimum Gasteiger partial charge on any atom is -0.464 e. The van der Waals surface area contributed by atoms with E-state index in [4.69, 9.17) is 47.2 Å². The van der Waals surface area contributed by atoms with Crippen molar-refractivity contribution in [2.75, 3.05) is 13.2 Å². The van der Waals surface area contributed by atoms with Gasteiger partial charge in [0.05, 0.1) is 36.8 Å². The van der Waals surface area contributed by atoms with Crippen molar-refractivity contribution in [3.63, 3.8) is 0 Å². The lowest BCUT2D eigenvalue weighted by Gasteiger charge is -2.32. The number of nitrogens with zero attached hydrogens (tertiary/aromatic N) is 6. The highest BCUT2D eigenvalue weighted by molar-refractivity contribution is 9.10. The monoisotopic (exact) mass is 1120 g/mol. The topological polar surface area (TPSA) is 272 Å². The van der Waals surface area contributed by atoms with Crippen LogP contribution in [0.2, 0.25) is 10.0 Å². The maximum absolute atomic E-state index is 12.5. The molecule has 0 aliphatic carbocycles. The number of aliphatic hydroxyl groups excluding tert-OH is 2. The lowest BCUT2D eigenvalue weighted by atomic mass is 9.79. The summed E-state index contributed by atoms with van der Waals surface area (Å²) in [5.74, 6) is -2.68. The van der Waals surface area contributed by atoms with Gasteiger partial charge >= 0.3 is 19.1 Å². The first kappa shape index (κ1) is 58.5. The van der Waals surface area contributed by atoms with Gasteiger partial charge in [-0.25, -0.2) is 9.59 Å². The third-order valence-electron chi connectivity index (χ3n) is 11.6. The zero-order valence-corrected chi connectivity index (χ0v) is 44.5. The van der Waals surface area contributed by atoms with E-state index in [1.807, 2.05) is 119 Å². The SMILES string of the molecule is CC1(C)OB(c2cccc(Cl)c2)OC1(C)C.CCOC(=O)[C@H](O)C[C@@H](Cc1ccc(-c2cccc(Cl)c2)cc1)NC(=O)c1cn(O)nn1.CCOC(=O)[C@H](O)C[C@@H](Cc1ccc(Br)cc1)NC(=O)c1cn(O)nn1. The van der Waals surface area contributed by atoms with Crippen LogP contribution in [0.5, 0.6) is 0 Å². The Hall–Kier alpha value is -6.40. The number of carbonyl (C=O) groups excluding carboxylic acids is 4. The number of ether oxygens (including phenoxy) is 2. The Morgan fingerprint density at radius 3 is 1.50 bits per heavy atom. The van der Waals surface area contributed by atoms with Crippen LogP contribution in [0, 0.1) is 0 Å². The van der Waals surface area contributed by atoms with Crippen LogP contribution < -0.4 is 16.1 Å². The second kappa shape index (κ2) is 27.2. The number of hydrogen-bond acceptors (Lipinski definition) is 16. The van der Waals surface area contributed by atoms with Crippen molar-refractivity contribution in [2.45, 2.75) is 103 Å². The van der Waals surface area contributed by atoms with Crippen LogP contribution in [0.4, 0.5) is 0 Å². The molecular weight excluding hydrogens is 1070 g/mol. The summed E-state index contributed by atoms with van der Waals surface area (Å²) in [6, 6.07) is 29.0. The van der Waals surface area contributed by atoms with Gasteiger partial charge < -0.3 is 50.0 Å². The van der Waals surface area contributed by atoms with Gasteiger partial charge in [-0.3, -0.25) is 9.59 Å². The van der Waals surface area contributed by atoms with Crippen molar-refractivity contribution in [2.24, 2.45) is 0 Å². The quantitative estimate of drug-likeness (QED) is 0.0324. The number of amides is 2. The van der Waals surface area contributed by atoms with Gasteiger partial charge in [0, 0.05) is 39.4 Å². The highest BCUT2D eigenvalue weighted by Crippen LogP contribution is 2.36. The van der Waals surface area contributed by atoms with Gasteiger partial charge in [0.1, 0.15) is 0 Å². The van der Waals surface area contributed by atoms with Crippen LogP contribution >= 0.6 is 39.1 Å². The zero-order chi connectivity index (χ0) is 54.2. The van der Waals surface area contributed by atoms with E-state index in [1.165, 1.54) is 0 Å².